The molecule has 3 aromatic rings. The highest BCUT2D eigenvalue weighted by molar-refractivity contribution is 5.72. The van der Waals surface area contributed by atoms with E-state index in [4.69, 9.17) is 4.74 Å². The lowest BCUT2D eigenvalue weighted by atomic mass is 9.84. The number of anilines is 2. The van der Waals surface area contributed by atoms with Gasteiger partial charge in [-0.1, -0.05) is 74.5 Å². The molecule has 3 aromatic carbocycles. The van der Waals surface area contributed by atoms with Crippen LogP contribution in [0.1, 0.15) is 37.8 Å². The third kappa shape index (κ3) is 4.07. The van der Waals surface area contributed by atoms with Crippen LogP contribution in [0, 0.1) is 0 Å². The Morgan fingerprint density at radius 2 is 1.58 bits per heavy atom. The summed E-state index contributed by atoms with van der Waals surface area (Å²) >= 11 is 0. The number of rotatable bonds is 5. The summed E-state index contributed by atoms with van der Waals surface area (Å²) in [7, 11) is 0. The molecule has 0 saturated carbocycles. The Balaban J connectivity index is 1.43. The lowest BCUT2D eigenvalue weighted by Crippen LogP contribution is -2.44. The quantitative estimate of drug-likeness (QED) is 0.499. The van der Waals surface area contributed by atoms with Gasteiger partial charge in [0.2, 0.25) is 0 Å². The molecule has 31 heavy (non-hydrogen) atoms. The van der Waals surface area contributed by atoms with Gasteiger partial charge in [0, 0.05) is 35.8 Å². The van der Waals surface area contributed by atoms with E-state index >= 15 is 0 Å². The number of hydrogen-bond donors (Lipinski definition) is 0. The molecule has 0 N–H and O–H groups in total. The fourth-order valence-corrected chi connectivity index (χ4v) is 5.19. The van der Waals surface area contributed by atoms with Crippen LogP contribution in [0.15, 0.2) is 78.9 Å². The highest BCUT2D eigenvalue weighted by Crippen LogP contribution is 2.40. The molecule has 1 fully saturated rings. The van der Waals surface area contributed by atoms with Crippen LogP contribution in [0.2, 0.25) is 0 Å². The van der Waals surface area contributed by atoms with Gasteiger partial charge in [0.1, 0.15) is 12.4 Å². The van der Waals surface area contributed by atoms with E-state index in [0.29, 0.717) is 12.6 Å². The molecule has 160 valence electrons. The maximum Gasteiger partial charge on any atom is 0.143 e. The molecule has 0 aromatic heterocycles. The van der Waals surface area contributed by atoms with Crippen LogP contribution in [0.5, 0.6) is 5.75 Å². The van der Waals surface area contributed by atoms with Gasteiger partial charge >= 0.3 is 0 Å². The summed E-state index contributed by atoms with van der Waals surface area (Å²) in [6, 6.07) is 28.7. The predicted molar refractivity (Wildman–Crippen MR) is 128 cm³/mol. The normalized spacial score (nSPS) is 18.8. The summed E-state index contributed by atoms with van der Waals surface area (Å²) in [5.74, 6) is 0.980. The molecular formula is C28H32N2O. The Labute approximate surface area is 186 Å². The van der Waals surface area contributed by atoms with Gasteiger partial charge in [-0.15, -0.1) is 0 Å². The van der Waals surface area contributed by atoms with E-state index in [1.165, 1.54) is 41.9 Å². The zero-order valence-corrected chi connectivity index (χ0v) is 18.6. The molecule has 3 heteroatoms. The number of hydrogen-bond acceptors (Lipinski definition) is 3. The molecule has 5 rings (SSSR count). The molecule has 0 amide bonds. The second-order valence-electron chi connectivity index (χ2n) is 9.51. The van der Waals surface area contributed by atoms with Crippen LogP contribution in [0.25, 0.3) is 0 Å². The van der Waals surface area contributed by atoms with Crippen LogP contribution in [0.3, 0.4) is 0 Å². The Hall–Kier alpha value is -2.78. The number of fused-ring (bicyclic) bond motifs is 2. The van der Waals surface area contributed by atoms with Gasteiger partial charge in [-0.25, -0.2) is 0 Å². The molecule has 0 spiro atoms. The van der Waals surface area contributed by atoms with Crippen molar-refractivity contribution in [1.29, 1.82) is 0 Å². The van der Waals surface area contributed by atoms with Crippen molar-refractivity contribution in [2.24, 2.45) is 0 Å². The third-order valence-electron chi connectivity index (χ3n) is 6.87. The van der Waals surface area contributed by atoms with Gasteiger partial charge in [-0.05, 0) is 43.1 Å². The van der Waals surface area contributed by atoms with Gasteiger partial charge in [-0.2, -0.15) is 0 Å². The first kappa shape index (κ1) is 20.1. The largest absolute Gasteiger partial charge is 0.487 e. The van der Waals surface area contributed by atoms with Gasteiger partial charge < -0.3 is 9.64 Å². The number of benzene rings is 3. The predicted octanol–water partition coefficient (Wildman–Crippen LogP) is 6.16. The summed E-state index contributed by atoms with van der Waals surface area (Å²) in [6.45, 7) is 8.62. The van der Waals surface area contributed by atoms with Crippen LogP contribution < -0.4 is 9.64 Å². The average molecular weight is 413 g/mol. The maximum atomic E-state index is 6.18. The Bertz CT molecular complexity index is 982. The van der Waals surface area contributed by atoms with Gasteiger partial charge in [0.05, 0.1) is 5.69 Å². The molecule has 0 aliphatic carbocycles. The summed E-state index contributed by atoms with van der Waals surface area (Å²) in [5.41, 5.74) is 5.26. The fraction of sp³-hybridized carbons (Fsp3) is 0.357. The molecule has 0 bridgehead atoms. The Morgan fingerprint density at radius 3 is 2.42 bits per heavy atom. The average Bonchev–Trinajstić information content (AvgIpc) is 3.16. The molecular weight excluding hydrogens is 380 g/mol. The lowest BCUT2D eigenvalue weighted by Gasteiger charge is -2.37. The van der Waals surface area contributed by atoms with Crippen LogP contribution in [0.4, 0.5) is 11.4 Å². The minimum atomic E-state index is 0.127. The minimum absolute atomic E-state index is 0.127. The number of nitrogens with zero attached hydrogens (tertiary/aromatic N) is 2. The van der Waals surface area contributed by atoms with Gasteiger partial charge in [0.25, 0.3) is 0 Å². The van der Waals surface area contributed by atoms with Crippen molar-refractivity contribution in [2.75, 3.05) is 24.5 Å². The molecule has 2 aliphatic rings. The fourth-order valence-electron chi connectivity index (χ4n) is 5.19. The summed E-state index contributed by atoms with van der Waals surface area (Å²) in [5, 5.41) is 0. The standard InChI is InChI=1S/C28H32N2O/c1-28(2,23-12-4-3-5-13-23)21-29-18-10-14-24(29)19-30-25-15-7-6-11-22(25)20-31-27-17-9-8-16-26(27)30/h3-9,11-13,15-17,24H,10,14,18-21H2,1-2H3. The van der Waals surface area contributed by atoms with Crippen molar-refractivity contribution in [3.8, 4) is 5.75 Å². The highest BCUT2D eigenvalue weighted by atomic mass is 16.5. The first-order valence-electron chi connectivity index (χ1n) is 11.5. The molecule has 0 radical (unpaired) electrons. The van der Waals surface area contributed by atoms with Crippen molar-refractivity contribution in [3.05, 3.63) is 90.0 Å². The van der Waals surface area contributed by atoms with E-state index in [1.54, 1.807) is 0 Å². The van der Waals surface area contributed by atoms with Crippen LogP contribution >= 0.6 is 0 Å². The van der Waals surface area contributed by atoms with Crippen molar-refractivity contribution in [1.82, 2.24) is 4.90 Å². The van der Waals surface area contributed by atoms with Crippen molar-refractivity contribution < 1.29 is 4.74 Å². The zero-order valence-electron chi connectivity index (χ0n) is 18.6. The minimum Gasteiger partial charge on any atom is -0.487 e. The molecule has 2 aliphatic heterocycles. The smallest absolute Gasteiger partial charge is 0.143 e. The third-order valence-corrected chi connectivity index (χ3v) is 6.87. The Kier molecular flexibility index (Phi) is 5.45. The van der Waals surface area contributed by atoms with Crippen LogP contribution in [-0.4, -0.2) is 30.6 Å². The summed E-state index contributed by atoms with van der Waals surface area (Å²) in [4.78, 5) is 5.21. The van der Waals surface area contributed by atoms with E-state index in [-0.39, 0.29) is 5.41 Å². The maximum absolute atomic E-state index is 6.18. The van der Waals surface area contributed by atoms with Gasteiger partial charge in [0.15, 0.2) is 0 Å². The molecule has 3 nitrogen and oxygen atoms in total. The van der Waals surface area contributed by atoms with E-state index in [1.807, 2.05) is 0 Å². The monoisotopic (exact) mass is 412 g/mol. The molecule has 1 saturated heterocycles. The van der Waals surface area contributed by atoms with Gasteiger partial charge in [-0.3, -0.25) is 4.90 Å². The molecule has 1 atom stereocenters. The second kappa shape index (κ2) is 8.39. The summed E-state index contributed by atoms with van der Waals surface area (Å²) < 4.78 is 6.18. The van der Waals surface area contributed by atoms with Crippen LogP contribution in [-0.2, 0) is 12.0 Å². The topological polar surface area (TPSA) is 15.7 Å². The molecule has 1 unspecified atom stereocenters. The van der Waals surface area contributed by atoms with E-state index < -0.39 is 0 Å². The highest BCUT2D eigenvalue weighted by Gasteiger charge is 2.33. The van der Waals surface area contributed by atoms with Crippen molar-refractivity contribution in [2.45, 2.75) is 44.8 Å². The van der Waals surface area contributed by atoms with E-state index in [2.05, 4.69) is 103 Å². The Morgan fingerprint density at radius 1 is 0.871 bits per heavy atom. The number of ether oxygens (including phenoxy) is 1. The van der Waals surface area contributed by atoms with Crippen molar-refractivity contribution in [3.63, 3.8) is 0 Å². The SMILES string of the molecule is CC(C)(CN1CCCC1CN1c2ccccc2COc2ccccc21)c1ccccc1. The first-order valence-corrected chi connectivity index (χ1v) is 11.5. The zero-order chi connectivity index (χ0) is 21.3. The summed E-state index contributed by atoms with van der Waals surface area (Å²) in [6.07, 6.45) is 2.51. The second-order valence-corrected chi connectivity index (χ2v) is 9.51. The lowest BCUT2D eigenvalue weighted by molar-refractivity contribution is 0.211. The first-order chi connectivity index (χ1) is 15.1. The number of likely N-dealkylation sites (tertiary alicyclic amines) is 1. The molecule has 2 heterocycles. The number of para-hydroxylation sites is 3. The van der Waals surface area contributed by atoms with Crippen molar-refractivity contribution >= 4 is 11.4 Å². The van der Waals surface area contributed by atoms with E-state index in [0.717, 1.165) is 18.8 Å². The van der Waals surface area contributed by atoms with E-state index in [9.17, 15) is 0 Å².